The molecule has 0 N–H and O–H groups in total. The lowest BCUT2D eigenvalue weighted by atomic mass is 10.1. The average Bonchev–Trinajstić information content (AvgIpc) is 2.85. The van der Waals surface area contributed by atoms with E-state index in [4.69, 9.17) is 4.74 Å². The highest BCUT2D eigenvalue weighted by molar-refractivity contribution is 7.99. The van der Waals surface area contributed by atoms with Crippen molar-refractivity contribution in [2.75, 3.05) is 19.1 Å². The summed E-state index contributed by atoms with van der Waals surface area (Å²) >= 11 is 1.89. The second-order valence-corrected chi connectivity index (χ2v) is 9.59. The third-order valence-corrected chi connectivity index (χ3v) is 8.10. The Morgan fingerprint density at radius 1 is 1.17 bits per heavy atom. The van der Waals surface area contributed by atoms with E-state index in [1.165, 1.54) is 0 Å². The Morgan fingerprint density at radius 3 is 2.30 bits per heavy atom. The van der Waals surface area contributed by atoms with Crippen LogP contribution in [0, 0.1) is 0 Å². The van der Waals surface area contributed by atoms with Crippen molar-refractivity contribution in [3.63, 3.8) is 0 Å². The summed E-state index contributed by atoms with van der Waals surface area (Å²) in [5, 5.41) is 0.625. The Labute approximate surface area is 143 Å². The van der Waals surface area contributed by atoms with Crippen LogP contribution in [-0.2, 0) is 16.4 Å². The third-order valence-electron chi connectivity index (χ3n) is 5.09. The molecule has 0 radical (unpaired) electrons. The highest BCUT2D eigenvalue weighted by Gasteiger charge is 2.46. The van der Waals surface area contributed by atoms with Crippen LogP contribution in [0.15, 0.2) is 24.3 Å². The summed E-state index contributed by atoms with van der Waals surface area (Å²) in [5.74, 6) is 1.00. The van der Waals surface area contributed by atoms with Gasteiger partial charge in [0, 0.05) is 17.3 Å². The number of aryl methyl sites for hydroxylation is 1. The van der Waals surface area contributed by atoms with Crippen LogP contribution in [-0.4, -0.2) is 49.2 Å². The number of nitrogens with zero attached hydrogens (tertiary/aromatic N) is 1. The van der Waals surface area contributed by atoms with Crippen LogP contribution in [0.3, 0.4) is 0 Å². The van der Waals surface area contributed by atoms with Gasteiger partial charge in [0.2, 0.25) is 10.0 Å². The first-order valence-electron chi connectivity index (χ1n) is 8.20. The molecule has 128 valence electrons. The molecule has 23 heavy (non-hydrogen) atoms. The first-order chi connectivity index (χ1) is 11.0. The molecule has 2 bridgehead atoms. The molecule has 1 aromatic rings. The summed E-state index contributed by atoms with van der Waals surface area (Å²) in [5.41, 5.74) is 1.04. The first-order valence-corrected chi connectivity index (χ1v) is 11.1. The maximum absolute atomic E-state index is 12.8. The van der Waals surface area contributed by atoms with E-state index in [1.807, 2.05) is 40.3 Å². The molecule has 2 saturated heterocycles. The van der Waals surface area contributed by atoms with E-state index in [9.17, 15) is 8.42 Å². The fourth-order valence-electron chi connectivity index (χ4n) is 3.88. The largest absolute Gasteiger partial charge is 0.497 e. The molecule has 2 aliphatic heterocycles. The van der Waals surface area contributed by atoms with Gasteiger partial charge in [-0.05, 0) is 56.1 Å². The van der Waals surface area contributed by atoms with Gasteiger partial charge in [-0.15, -0.1) is 0 Å². The zero-order valence-electron chi connectivity index (χ0n) is 13.8. The highest BCUT2D eigenvalue weighted by atomic mass is 32.2. The molecule has 0 spiro atoms. The maximum Gasteiger partial charge on any atom is 0.214 e. The van der Waals surface area contributed by atoms with Crippen molar-refractivity contribution in [1.82, 2.24) is 4.31 Å². The maximum atomic E-state index is 12.8. The minimum absolute atomic E-state index is 0.205. The molecular formula is C17H25NO3S2. The normalized spacial score (nSPS) is 28.0. The van der Waals surface area contributed by atoms with E-state index in [2.05, 4.69) is 6.26 Å². The number of hydrogen-bond donors (Lipinski definition) is 0. The number of benzene rings is 1. The monoisotopic (exact) mass is 355 g/mol. The van der Waals surface area contributed by atoms with E-state index >= 15 is 0 Å². The van der Waals surface area contributed by atoms with Crippen molar-refractivity contribution >= 4 is 21.8 Å². The van der Waals surface area contributed by atoms with Crippen LogP contribution in [0.5, 0.6) is 5.75 Å². The molecule has 0 saturated carbocycles. The van der Waals surface area contributed by atoms with Crippen LogP contribution in [0.25, 0.3) is 0 Å². The van der Waals surface area contributed by atoms with Gasteiger partial charge in [-0.3, -0.25) is 0 Å². The lowest BCUT2D eigenvalue weighted by Crippen LogP contribution is -2.48. The summed E-state index contributed by atoms with van der Waals surface area (Å²) in [6.45, 7) is 0. The minimum atomic E-state index is -3.17. The van der Waals surface area contributed by atoms with E-state index in [0.717, 1.165) is 37.0 Å². The van der Waals surface area contributed by atoms with Crippen LogP contribution < -0.4 is 4.74 Å². The van der Waals surface area contributed by atoms with Crippen LogP contribution in [0.2, 0.25) is 0 Å². The highest BCUT2D eigenvalue weighted by Crippen LogP contribution is 2.41. The molecule has 0 amide bonds. The molecule has 3 rings (SSSR count). The Balaban J connectivity index is 1.65. The zero-order valence-corrected chi connectivity index (χ0v) is 15.4. The average molecular weight is 356 g/mol. The number of fused-ring (bicyclic) bond motifs is 2. The molecule has 0 aromatic heterocycles. The Bertz CT molecular complexity index is 616. The van der Waals surface area contributed by atoms with Gasteiger partial charge < -0.3 is 4.74 Å². The van der Waals surface area contributed by atoms with Crippen molar-refractivity contribution in [1.29, 1.82) is 0 Å². The molecule has 0 aliphatic carbocycles. The summed E-state index contributed by atoms with van der Waals surface area (Å²) in [6, 6.07) is 8.12. The van der Waals surface area contributed by atoms with Crippen molar-refractivity contribution in [3.8, 4) is 5.75 Å². The van der Waals surface area contributed by atoms with Gasteiger partial charge in [0.1, 0.15) is 5.75 Å². The third kappa shape index (κ3) is 3.69. The summed E-state index contributed by atoms with van der Waals surface area (Å²) in [6.07, 6.45) is 6.79. The van der Waals surface area contributed by atoms with E-state index in [0.29, 0.717) is 11.7 Å². The number of rotatable bonds is 6. The molecule has 2 fully saturated rings. The van der Waals surface area contributed by atoms with E-state index in [1.54, 1.807) is 7.11 Å². The smallest absolute Gasteiger partial charge is 0.214 e. The predicted octanol–water partition coefficient (Wildman–Crippen LogP) is 2.93. The van der Waals surface area contributed by atoms with Crippen LogP contribution in [0.1, 0.15) is 31.2 Å². The quantitative estimate of drug-likeness (QED) is 0.787. The molecule has 6 heteroatoms. The van der Waals surface area contributed by atoms with Crippen molar-refractivity contribution in [2.45, 2.75) is 49.4 Å². The Hall–Kier alpha value is -0.720. The van der Waals surface area contributed by atoms with Gasteiger partial charge >= 0.3 is 0 Å². The molecular weight excluding hydrogens is 330 g/mol. The molecule has 1 aromatic carbocycles. The van der Waals surface area contributed by atoms with Gasteiger partial charge in [-0.25, -0.2) is 8.42 Å². The molecule has 2 atom stereocenters. The van der Waals surface area contributed by atoms with Crippen LogP contribution >= 0.6 is 11.8 Å². The van der Waals surface area contributed by atoms with Crippen LogP contribution in [0.4, 0.5) is 0 Å². The van der Waals surface area contributed by atoms with Gasteiger partial charge in [-0.1, -0.05) is 12.1 Å². The number of hydrogen-bond acceptors (Lipinski definition) is 4. The van der Waals surface area contributed by atoms with Gasteiger partial charge in [0.15, 0.2) is 0 Å². The molecule has 2 aliphatic rings. The van der Waals surface area contributed by atoms with Gasteiger partial charge in [-0.2, -0.15) is 16.1 Å². The number of ether oxygens (including phenoxy) is 1. The second-order valence-electron chi connectivity index (χ2n) is 6.46. The zero-order chi connectivity index (χ0) is 16.4. The minimum Gasteiger partial charge on any atom is -0.497 e. The molecule has 2 heterocycles. The van der Waals surface area contributed by atoms with E-state index < -0.39 is 10.0 Å². The lowest BCUT2D eigenvalue weighted by molar-refractivity contribution is 0.253. The lowest BCUT2D eigenvalue weighted by Gasteiger charge is -2.37. The number of methoxy groups -OCH3 is 1. The summed E-state index contributed by atoms with van der Waals surface area (Å²) in [7, 11) is -1.54. The van der Waals surface area contributed by atoms with E-state index in [-0.39, 0.29) is 17.8 Å². The Morgan fingerprint density at radius 2 is 1.78 bits per heavy atom. The topological polar surface area (TPSA) is 46.6 Å². The molecule has 2 unspecified atom stereocenters. The van der Waals surface area contributed by atoms with Crippen molar-refractivity contribution < 1.29 is 13.2 Å². The predicted molar refractivity (Wildman–Crippen MR) is 95.7 cm³/mol. The fourth-order valence-corrected chi connectivity index (χ4v) is 6.70. The summed E-state index contributed by atoms with van der Waals surface area (Å²) in [4.78, 5) is 0. The standard InChI is InChI=1S/C17H25NO3S2/c1-21-16-7-3-13(4-8-16)9-10-23(19,20)18-14-5-6-15(18)12-17(11-14)22-2/h3-4,7-8,14-15,17H,5-6,9-12H2,1-2H3. The van der Waals surface area contributed by atoms with Gasteiger partial charge in [0.25, 0.3) is 0 Å². The first kappa shape index (κ1) is 17.1. The fraction of sp³-hybridized carbons (Fsp3) is 0.647. The number of piperidine rings is 1. The Kier molecular flexibility index (Phi) is 5.23. The number of sulfonamides is 1. The SMILES string of the molecule is COc1ccc(CCS(=O)(=O)N2C3CCC2CC(SC)C3)cc1. The second kappa shape index (κ2) is 7.03. The summed E-state index contributed by atoms with van der Waals surface area (Å²) < 4.78 is 32.7. The number of thioether (sulfide) groups is 1. The van der Waals surface area contributed by atoms with Crippen molar-refractivity contribution in [3.05, 3.63) is 29.8 Å². The van der Waals surface area contributed by atoms with Crippen molar-refractivity contribution in [2.24, 2.45) is 0 Å². The van der Waals surface area contributed by atoms with Gasteiger partial charge in [0.05, 0.1) is 12.9 Å². The molecule has 4 nitrogen and oxygen atoms in total.